The number of carbonyl (C=O) groups excluding carboxylic acids is 1. The van der Waals surface area contributed by atoms with Crippen molar-refractivity contribution in [1.82, 2.24) is 19.4 Å². The van der Waals surface area contributed by atoms with Gasteiger partial charge in [-0.05, 0) is 57.4 Å². The van der Waals surface area contributed by atoms with Gasteiger partial charge < -0.3 is 5.32 Å². The van der Waals surface area contributed by atoms with E-state index in [1.807, 2.05) is 20.8 Å². The molecule has 1 aromatic carbocycles. The molecule has 0 spiro atoms. The second-order valence-corrected chi connectivity index (χ2v) is 9.78. The van der Waals surface area contributed by atoms with Gasteiger partial charge >= 0.3 is 0 Å². The summed E-state index contributed by atoms with van der Waals surface area (Å²) in [5.41, 5.74) is 2.38. The Hall–Kier alpha value is -2.26. The van der Waals surface area contributed by atoms with Crippen LogP contribution in [0.4, 0.5) is 4.39 Å². The molecule has 2 unspecified atom stereocenters. The van der Waals surface area contributed by atoms with Crippen LogP contribution in [0.15, 0.2) is 30.5 Å². The molecule has 1 amide bonds. The van der Waals surface area contributed by atoms with Crippen molar-refractivity contribution in [3.63, 3.8) is 0 Å². The maximum Gasteiger partial charge on any atom is 0.238 e. The summed E-state index contributed by atoms with van der Waals surface area (Å²) in [5, 5.41) is 7.32. The summed E-state index contributed by atoms with van der Waals surface area (Å²) in [6.45, 7) is 6.06. The van der Waals surface area contributed by atoms with Crippen LogP contribution >= 0.6 is 0 Å². The highest BCUT2D eigenvalue weighted by Crippen LogP contribution is 2.25. The number of hydrogen-bond donors (Lipinski definition) is 1. The molecule has 1 aliphatic rings. The zero-order chi connectivity index (χ0) is 21.9. The Morgan fingerprint density at radius 1 is 1.33 bits per heavy atom. The van der Waals surface area contributed by atoms with E-state index in [2.05, 4.69) is 10.4 Å². The molecule has 0 aliphatic carbocycles. The first-order chi connectivity index (χ1) is 14.2. The van der Waals surface area contributed by atoms with E-state index in [0.29, 0.717) is 25.8 Å². The lowest BCUT2D eigenvalue weighted by molar-refractivity contribution is -0.124. The van der Waals surface area contributed by atoms with Gasteiger partial charge in [0.1, 0.15) is 11.9 Å². The van der Waals surface area contributed by atoms with Crippen molar-refractivity contribution in [2.45, 2.75) is 58.5 Å². The molecule has 2 heterocycles. The maximum absolute atomic E-state index is 13.2. The highest BCUT2D eigenvalue weighted by molar-refractivity contribution is 7.89. The summed E-state index contributed by atoms with van der Waals surface area (Å²) in [6.07, 6.45) is 4.26. The van der Waals surface area contributed by atoms with Gasteiger partial charge in [-0.1, -0.05) is 13.3 Å². The summed E-state index contributed by atoms with van der Waals surface area (Å²) in [6, 6.07) is 5.01. The molecule has 164 valence electrons. The lowest BCUT2D eigenvalue weighted by atomic mass is 10.1. The van der Waals surface area contributed by atoms with Gasteiger partial charge in [-0.2, -0.15) is 9.40 Å². The molecule has 2 aromatic rings. The molecule has 1 N–H and O–H groups in total. The van der Waals surface area contributed by atoms with Crippen LogP contribution in [0.1, 0.15) is 56.8 Å². The minimum Gasteiger partial charge on any atom is -0.348 e. The van der Waals surface area contributed by atoms with Crippen molar-refractivity contribution in [2.24, 2.45) is 0 Å². The van der Waals surface area contributed by atoms with Crippen molar-refractivity contribution < 1.29 is 17.6 Å². The fourth-order valence-corrected chi connectivity index (χ4v) is 5.74. The molecule has 0 saturated carbocycles. The number of unbranched alkanes of at least 4 members (excludes halogenated alkanes) is 1. The zero-order valence-electron chi connectivity index (χ0n) is 17.6. The Kier molecular flexibility index (Phi) is 6.92. The third-order valence-corrected chi connectivity index (χ3v) is 7.52. The molecule has 2 atom stereocenters. The fraction of sp³-hybridized carbons (Fsp3) is 0.524. The molecular formula is C21H29FN4O3S. The minimum absolute atomic E-state index is 0.0758. The summed E-state index contributed by atoms with van der Waals surface area (Å²) >= 11 is 0. The van der Waals surface area contributed by atoms with Crippen molar-refractivity contribution in [2.75, 3.05) is 12.3 Å². The van der Waals surface area contributed by atoms with Crippen LogP contribution in [0.2, 0.25) is 0 Å². The molecule has 1 fully saturated rings. The monoisotopic (exact) mass is 436 g/mol. The zero-order valence-corrected chi connectivity index (χ0v) is 18.5. The molecule has 1 aromatic heterocycles. The van der Waals surface area contributed by atoms with Gasteiger partial charge in [0.2, 0.25) is 15.9 Å². The molecule has 30 heavy (non-hydrogen) atoms. The third kappa shape index (κ3) is 4.73. The standard InChI is InChI=1S/C21H29FN4O3S/c1-4-5-13-30(28,29)25-12-6-7-20(25)21(27)24-15(2)19-14-23-26(16(19)3)18-10-8-17(22)9-11-18/h8-11,14-15,20H,4-7,12-13H2,1-3H3,(H,24,27). The average molecular weight is 437 g/mol. The minimum atomic E-state index is -3.43. The van der Waals surface area contributed by atoms with Gasteiger partial charge in [-0.25, -0.2) is 17.5 Å². The van der Waals surface area contributed by atoms with Gasteiger partial charge in [0, 0.05) is 17.8 Å². The number of sulfonamides is 1. The van der Waals surface area contributed by atoms with Crippen LogP contribution in [0.25, 0.3) is 5.69 Å². The molecule has 3 rings (SSSR count). The van der Waals surface area contributed by atoms with Gasteiger partial charge in [-0.3, -0.25) is 4.79 Å². The Balaban J connectivity index is 1.72. The molecule has 1 aliphatic heterocycles. The van der Waals surface area contributed by atoms with Crippen LogP contribution in [-0.2, 0) is 14.8 Å². The van der Waals surface area contributed by atoms with E-state index in [4.69, 9.17) is 0 Å². The van der Waals surface area contributed by atoms with E-state index in [0.717, 1.165) is 23.4 Å². The number of aromatic nitrogens is 2. The molecular weight excluding hydrogens is 407 g/mol. The molecule has 1 saturated heterocycles. The van der Waals surface area contributed by atoms with Crippen LogP contribution in [0, 0.1) is 12.7 Å². The van der Waals surface area contributed by atoms with Crippen LogP contribution in [0.5, 0.6) is 0 Å². The number of nitrogens with zero attached hydrogens (tertiary/aromatic N) is 3. The Labute approximate surface area is 177 Å². The van der Waals surface area contributed by atoms with Crippen molar-refractivity contribution in [1.29, 1.82) is 0 Å². The SMILES string of the molecule is CCCCS(=O)(=O)N1CCCC1C(=O)NC(C)c1cnn(-c2ccc(F)cc2)c1C. The van der Waals surface area contributed by atoms with E-state index in [1.54, 1.807) is 23.0 Å². The maximum atomic E-state index is 13.2. The highest BCUT2D eigenvalue weighted by Gasteiger charge is 2.38. The number of hydrogen-bond acceptors (Lipinski definition) is 4. The molecule has 0 bridgehead atoms. The Bertz CT molecular complexity index is 988. The van der Waals surface area contributed by atoms with Crippen LogP contribution < -0.4 is 5.32 Å². The Morgan fingerprint density at radius 2 is 2.03 bits per heavy atom. The normalized spacial score (nSPS) is 18.5. The second kappa shape index (κ2) is 9.26. The lowest BCUT2D eigenvalue weighted by Crippen LogP contribution is -2.47. The van der Waals surface area contributed by atoms with E-state index in [-0.39, 0.29) is 23.5 Å². The first-order valence-electron chi connectivity index (χ1n) is 10.3. The largest absolute Gasteiger partial charge is 0.348 e. The predicted octanol–water partition coefficient (Wildman–Crippen LogP) is 3.09. The summed E-state index contributed by atoms with van der Waals surface area (Å²) in [4.78, 5) is 12.9. The number of nitrogens with one attached hydrogen (secondary N) is 1. The van der Waals surface area contributed by atoms with Gasteiger partial charge in [-0.15, -0.1) is 0 Å². The Morgan fingerprint density at radius 3 is 2.70 bits per heavy atom. The smallest absolute Gasteiger partial charge is 0.238 e. The van der Waals surface area contributed by atoms with E-state index in [1.165, 1.54) is 16.4 Å². The quantitative estimate of drug-likeness (QED) is 0.689. The first-order valence-corrected chi connectivity index (χ1v) is 12.0. The van der Waals surface area contributed by atoms with Gasteiger partial charge in [0.15, 0.2) is 0 Å². The number of amides is 1. The van der Waals surface area contributed by atoms with E-state index in [9.17, 15) is 17.6 Å². The van der Waals surface area contributed by atoms with Crippen molar-refractivity contribution in [3.8, 4) is 5.69 Å². The second-order valence-electron chi connectivity index (χ2n) is 7.74. The van der Waals surface area contributed by atoms with Crippen LogP contribution in [0.3, 0.4) is 0 Å². The van der Waals surface area contributed by atoms with Gasteiger partial charge in [0.05, 0.1) is 23.7 Å². The number of rotatable bonds is 8. The average Bonchev–Trinajstić information content (AvgIpc) is 3.35. The number of halogens is 1. The van der Waals surface area contributed by atoms with E-state index < -0.39 is 16.1 Å². The summed E-state index contributed by atoms with van der Waals surface area (Å²) in [5.74, 6) is -0.528. The topological polar surface area (TPSA) is 84.3 Å². The number of benzene rings is 1. The summed E-state index contributed by atoms with van der Waals surface area (Å²) < 4.78 is 41.5. The molecule has 9 heteroatoms. The van der Waals surface area contributed by atoms with Crippen LogP contribution in [-0.4, -0.2) is 46.8 Å². The van der Waals surface area contributed by atoms with E-state index >= 15 is 0 Å². The van der Waals surface area contributed by atoms with Crippen molar-refractivity contribution >= 4 is 15.9 Å². The summed E-state index contributed by atoms with van der Waals surface area (Å²) in [7, 11) is -3.43. The third-order valence-electron chi connectivity index (χ3n) is 5.56. The number of carbonyl (C=O) groups is 1. The lowest BCUT2D eigenvalue weighted by Gasteiger charge is -2.25. The van der Waals surface area contributed by atoms with Gasteiger partial charge in [0.25, 0.3) is 0 Å². The fourth-order valence-electron chi connectivity index (χ4n) is 3.86. The molecule has 7 nitrogen and oxygen atoms in total. The molecule has 0 radical (unpaired) electrons. The van der Waals surface area contributed by atoms with Crippen molar-refractivity contribution in [3.05, 3.63) is 47.5 Å². The first kappa shape index (κ1) is 22.4. The highest BCUT2D eigenvalue weighted by atomic mass is 32.2. The predicted molar refractivity (Wildman–Crippen MR) is 113 cm³/mol.